The number of pyridine rings is 1. The maximum absolute atomic E-state index is 10.3. The summed E-state index contributed by atoms with van der Waals surface area (Å²) in [5, 5.41) is 10.3. The van der Waals surface area contributed by atoms with Crippen LogP contribution in [0.5, 0.6) is 11.5 Å². The van der Waals surface area contributed by atoms with E-state index in [1.165, 1.54) is 0 Å². The number of aliphatic hydroxyl groups excluding tert-OH is 1. The molecule has 2 unspecified atom stereocenters. The van der Waals surface area contributed by atoms with Gasteiger partial charge >= 0.3 is 0 Å². The van der Waals surface area contributed by atoms with Gasteiger partial charge in [-0.2, -0.15) is 0 Å². The van der Waals surface area contributed by atoms with Crippen LogP contribution in [0.15, 0.2) is 47.2 Å². The van der Waals surface area contributed by atoms with Crippen molar-refractivity contribution < 1.29 is 14.6 Å². The highest BCUT2D eigenvalue weighted by atomic mass is 79.9. The molecule has 1 aromatic carbocycles. The minimum atomic E-state index is -0.639. The number of halogens is 1. The van der Waals surface area contributed by atoms with Gasteiger partial charge in [0, 0.05) is 23.3 Å². The summed E-state index contributed by atoms with van der Waals surface area (Å²) in [6, 6.07) is 9.42. The Morgan fingerprint density at radius 3 is 2.90 bits per heavy atom. The van der Waals surface area contributed by atoms with E-state index in [-0.39, 0.29) is 6.10 Å². The maximum atomic E-state index is 10.3. The van der Waals surface area contributed by atoms with Gasteiger partial charge in [-0.05, 0) is 39.7 Å². The molecule has 0 saturated carbocycles. The zero-order chi connectivity index (χ0) is 13.9. The minimum absolute atomic E-state index is 0.347. The van der Waals surface area contributed by atoms with Gasteiger partial charge in [0.15, 0.2) is 17.6 Å². The van der Waals surface area contributed by atoms with E-state index in [9.17, 15) is 5.11 Å². The standard InChI is InChI=1S/C15H14BrNO3/c16-11-5-10(7-17-8-11)6-12(18)15-9-19-13-3-1-2-4-14(13)20-15/h1-5,7-8,12,15,18H,6,9H2. The lowest BCUT2D eigenvalue weighted by Gasteiger charge is -2.29. The highest BCUT2D eigenvalue weighted by Gasteiger charge is 2.27. The first-order valence-corrected chi connectivity index (χ1v) is 7.17. The third-order valence-electron chi connectivity index (χ3n) is 3.17. The van der Waals surface area contributed by atoms with Crippen molar-refractivity contribution in [2.45, 2.75) is 18.6 Å². The van der Waals surface area contributed by atoms with Crippen molar-refractivity contribution >= 4 is 15.9 Å². The predicted molar refractivity (Wildman–Crippen MR) is 78.0 cm³/mol. The van der Waals surface area contributed by atoms with Crippen molar-refractivity contribution in [3.8, 4) is 11.5 Å². The van der Waals surface area contributed by atoms with Crippen LogP contribution in [0.2, 0.25) is 0 Å². The largest absolute Gasteiger partial charge is 0.486 e. The van der Waals surface area contributed by atoms with Gasteiger partial charge < -0.3 is 14.6 Å². The average Bonchev–Trinajstić information content (AvgIpc) is 2.47. The minimum Gasteiger partial charge on any atom is -0.486 e. The van der Waals surface area contributed by atoms with E-state index in [0.29, 0.717) is 18.8 Å². The number of aromatic nitrogens is 1. The van der Waals surface area contributed by atoms with Gasteiger partial charge in [-0.3, -0.25) is 4.98 Å². The van der Waals surface area contributed by atoms with E-state index < -0.39 is 6.10 Å². The molecule has 2 atom stereocenters. The molecule has 1 aliphatic rings. The normalized spacial score (nSPS) is 18.6. The van der Waals surface area contributed by atoms with E-state index >= 15 is 0 Å². The van der Waals surface area contributed by atoms with Gasteiger partial charge in [0.25, 0.3) is 0 Å². The fraction of sp³-hybridized carbons (Fsp3) is 0.267. The Labute approximate surface area is 125 Å². The first-order valence-electron chi connectivity index (χ1n) is 6.38. The van der Waals surface area contributed by atoms with Gasteiger partial charge in [-0.1, -0.05) is 12.1 Å². The number of nitrogens with zero attached hydrogens (tertiary/aromatic N) is 1. The van der Waals surface area contributed by atoms with Gasteiger partial charge in [-0.15, -0.1) is 0 Å². The van der Waals surface area contributed by atoms with Crippen molar-refractivity contribution in [3.63, 3.8) is 0 Å². The van der Waals surface area contributed by atoms with Crippen LogP contribution in [0.4, 0.5) is 0 Å². The summed E-state index contributed by atoms with van der Waals surface area (Å²) in [6.45, 7) is 0.347. The lowest BCUT2D eigenvalue weighted by Crippen LogP contribution is -2.40. The molecule has 0 fully saturated rings. The molecule has 1 N–H and O–H groups in total. The molecule has 0 spiro atoms. The second-order valence-corrected chi connectivity index (χ2v) is 5.61. The van der Waals surface area contributed by atoms with Crippen LogP contribution >= 0.6 is 15.9 Å². The summed E-state index contributed by atoms with van der Waals surface area (Å²) in [7, 11) is 0. The van der Waals surface area contributed by atoms with Crippen molar-refractivity contribution in [3.05, 3.63) is 52.8 Å². The van der Waals surface area contributed by atoms with Gasteiger partial charge in [-0.25, -0.2) is 0 Å². The highest BCUT2D eigenvalue weighted by Crippen LogP contribution is 2.32. The molecule has 4 nitrogen and oxygen atoms in total. The van der Waals surface area contributed by atoms with Gasteiger partial charge in [0.2, 0.25) is 0 Å². The lowest BCUT2D eigenvalue weighted by molar-refractivity contribution is -0.00944. The summed E-state index contributed by atoms with van der Waals surface area (Å²) < 4.78 is 12.3. The zero-order valence-corrected chi connectivity index (χ0v) is 12.3. The molecule has 20 heavy (non-hydrogen) atoms. The molecule has 2 aromatic rings. The fourth-order valence-electron chi connectivity index (χ4n) is 2.17. The van der Waals surface area contributed by atoms with Crippen molar-refractivity contribution in [2.75, 3.05) is 6.61 Å². The molecule has 0 bridgehead atoms. The topological polar surface area (TPSA) is 51.6 Å². The molecule has 5 heteroatoms. The Morgan fingerprint density at radius 2 is 2.10 bits per heavy atom. The molecule has 1 aromatic heterocycles. The summed E-state index contributed by atoms with van der Waals surface area (Å²) in [5.74, 6) is 1.40. The number of hydrogen-bond acceptors (Lipinski definition) is 4. The van der Waals surface area contributed by atoms with Gasteiger partial charge in [0.1, 0.15) is 6.61 Å². The van der Waals surface area contributed by atoms with E-state index in [1.807, 2.05) is 30.3 Å². The van der Waals surface area contributed by atoms with Crippen LogP contribution in [0.3, 0.4) is 0 Å². The number of rotatable bonds is 3. The van der Waals surface area contributed by atoms with Crippen molar-refractivity contribution in [2.24, 2.45) is 0 Å². The zero-order valence-electron chi connectivity index (χ0n) is 10.7. The number of hydrogen-bond donors (Lipinski definition) is 1. The second-order valence-electron chi connectivity index (χ2n) is 4.70. The van der Waals surface area contributed by atoms with Crippen molar-refractivity contribution in [1.29, 1.82) is 0 Å². The van der Waals surface area contributed by atoms with Crippen molar-refractivity contribution in [1.82, 2.24) is 4.98 Å². The molecular formula is C15H14BrNO3. The van der Waals surface area contributed by atoms with Crippen LogP contribution in [0, 0.1) is 0 Å². The summed E-state index contributed by atoms with van der Waals surface area (Å²) in [6.07, 6.45) is 2.92. The third-order valence-corrected chi connectivity index (χ3v) is 3.60. The first kappa shape index (κ1) is 13.4. The second kappa shape index (κ2) is 5.81. The molecule has 3 rings (SSSR count). The van der Waals surface area contributed by atoms with E-state index in [4.69, 9.17) is 9.47 Å². The molecule has 0 aliphatic carbocycles. The smallest absolute Gasteiger partial charge is 0.161 e. The van der Waals surface area contributed by atoms with Crippen LogP contribution in [-0.2, 0) is 6.42 Å². The van der Waals surface area contributed by atoms with Crippen LogP contribution in [-0.4, -0.2) is 28.9 Å². The SMILES string of the molecule is OC(Cc1cncc(Br)c1)C1COc2ccccc2O1. The van der Waals surface area contributed by atoms with Crippen LogP contribution < -0.4 is 9.47 Å². The molecule has 2 heterocycles. The van der Waals surface area contributed by atoms with E-state index in [1.54, 1.807) is 12.4 Å². The molecule has 104 valence electrons. The number of benzene rings is 1. The average molecular weight is 336 g/mol. The van der Waals surface area contributed by atoms with Crippen LogP contribution in [0.1, 0.15) is 5.56 Å². The lowest BCUT2D eigenvalue weighted by atomic mass is 10.1. The highest BCUT2D eigenvalue weighted by molar-refractivity contribution is 9.10. The summed E-state index contributed by atoms with van der Waals surface area (Å²) >= 11 is 3.37. The predicted octanol–water partition coefficient (Wildman–Crippen LogP) is 2.59. The molecule has 0 saturated heterocycles. The molecule has 1 aliphatic heterocycles. The number of aliphatic hydroxyl groups is 1. The Hall–Kier alpha value is -1.59. The summed E-state index contributed by atoms with van der Waals surface area (Å²) in [5.41, 5.74) is 0.953. The maximum Gasteiger partial charge on any atom is 0.161 e. The molecule has 0 amide bonds. The Balaban J connectivity index is 1.68. The number of fused-ring (bicyclic) bond motifs is 1. The van der Waals surface area contributed by atoms with Crippen LogP contribution in [0.25, 0.3) is 0 Å². The van der Waals surface area contributed by atoms with E-state index in [0.717, 1.165) is 15.8 Å². The quantitative estimate of drug-likeness (QED) is 0.936. The number of ether oxygens (including phenoxy) is 2. The summed E-state index contributed by atoms with van der Waals surface area (Å²) in [4.78, 5) is 4.09. The number of para-hydroxylation sites is 2. The third kappa shape index (κ3) is 2.94. The molecule has 0 radical (unpaired) electrons. The Morgan fingerprint density at radius 1 is 1.30 bits per heavy atom. The Bertz CT molecular complexity index is 605. The van der Waals surface area contributed by atoms with Gasteiger partial charge in [0.05, 0.1) is 6.10 Å². The first-order chi connectivity index (χ1) is 9.72. The Kier molecular flexibility index (Phi) is 3.89. The van der Waals surface area contributed by atoms with E-state index in [2.05, 4.69) is 20.9 Å². The monoisotopic (exact) mass is 335 g/mol. The fourth-order valence-corrected chi connectivity index (χ4v) is 2.58. The molecular weight excluding hydrogens is 322 g/mol.